The van der Waals surface area contributed by atoms with Gasteiger partial charge in [0.15, 0.2) is 0 Å². The van der Waals surface area contributed by atoms with Gasteiger partial charge < -0.3 is 21.3 Å². The second-order valence-electron chi connectivity index (χ2n) is 10.6. The van der Waals surface area contributed by atoms with Crippen molar-refractivity contribution >= 4 is 28.3 Å². The van der Waals surface area contributed by atoms with Crippen LogP contribution in [0.25, 0.3) is 10.8 Å². The molecule has 0 saturated heterocycles. The molecule has 220 valence electrons. The first-order valence-electron chi connectivity index (χ1n) is 13.0. The van der Waals surface area contributed by atoms with E-state index in [1.54, 1.807) is 49.7 Å². The Morgan fingerprint density at radius 2 is 1.90 bits per heavy atom. The van der Waals surface area contributed by atoms with Crippen LogP contribution in [0.5, 0.6) is 0 Å². The van der Waals surface area contributed by atoms with Gasteiger partial charge in [0.05, 0.1) is 11.1 Å². The van der Waals surface area contributed by atoms with Crippen molar-refractivity contribution in [2.75, 3.05) is 26.0 Å². The number of nitrogens with one attached hydrogen (secondary N) is 3. The van der Waals surface area contributed by atoms with Crippen LogP contribution in [0.4, 0.5) is 23.2 Å². The number of fused-ring (bicyclic) bond motifs is 2. The van der Waals surface area contributed by atoms with E-state index in [1.165, 1.54) is 5.01 Å². The average Bonchev–Trinajstić information content (AvgIpc) is 3.29. The van der Waals surface area contributed by atoms with Gasteiger partial charge in [0.25, 0.3) is 5.91 Å². The van der Waals surface area contributed by atoms with Crippen molar-refractivity contribution in [2.24, 2.45) is 5.73 Å². The zero-order chi connectivity index (χ0) is 30.4. The molecule has 0 fully saturated rings. The summed E-state index contributed by atoms with van der Waals surface area (Å²) in [7, 11) is 3.65. The second kappa shape index (κ2) is 10.7. The lowest BCUT2D eigenvalue weighted by Gasteiger charge is -2.40. The number of alkyl halides is 3. The van der Waals surface area contributed by atoms with Crippen LogP contribution in [0.15, 0.2) is 78.0 Å². The number of nitrogens with zero attached hydrogens (tertiary/aromatic N) is 3. The minimum atomic E-state index is -4.90. The Hall–Kier alpha value is -4.49. The van der Waals surface area contributed by atoms with Crippen LogP contribution in [0.2, 0.25) is 0 Å². The maximum absolute atomic E-state index is 14.9. The van der Waals surface area contributed by atoms with Crippen LogP contribution < -0.4 is 21.8 Å². The molecule has 3 aromatic rings. The largest absolute Gasteiger partial charge is 0.419 e. The first kappa shape index (κ1) is 29.0. The van der Waals surface area contributed by atoms with Crippen molar-refractivity contribution in [2.45, 2.75) is 31.1 Å². The molecule has 5 rings (SSSR count). The number of rotatable bonds is 7. The van der Waals surface area contributed by atoms with Gasteiger partial charge in [-0.25, -0.2) is 9.82 Å². The van der Waals surface area contributed by atoms with Crippen LogP contribution in [0.3, 0.4) is 0 Å². The molecule has 9 nitrogen and oxygen atoms in total. The molecule has 2 aliphatic rings. The molecular formula is C29H29F4N7O2. The Balaban J connectivity index is 1.57. The Kier molecular flexibility index (Phi) is 7.41. The molecule has 3 heterocycles. The van der Waals surface area contributed by atoms with Gasteiger partial charge in [-0.15, -0.1) is 0 Å². The molecule has 2 aliphatic heterocycles. The number of hydrazine groups is 1. The zero-order valence-electron chi connectivity index (χ0n) is 23.0. The molecule has 13 heteroatoms. The number of aromatic nitrogens is 1. The van der Waals surface area contributed by atoms with E-state index in [2.05, 4.69) is 21.0 Å². The summed E-state index contributed by atoms with van der Waals surface area (Å²) < 4.78 is 55.0. The fourth-order valence-electron chi connectivity index (χ4n) is 5.18. The number of carbonyl (C=O) groups excluding carboxylic acids is 2. The maximum atomic E-state index is 14.9. The summed E-state index contributed by atoms with van der Waals surface area (Å²) in [6.07, 6.45) is 0.231. The number of primary amides is 1. The number of amides is 2. The molecule has 2 unspecified atom stereocenters. The van der Waals surface area contributed by atoms with Gasteiger partial charge in [-0.05, 0) is 74.8 Å². The van der Waals surface area contributed by atoms with Crippen molar-refractivity contribution in [1.82, 2.24) is 25.6 Å². The van der Waals surface area contributed by atoms with Crippen molar-refractivity contribution in [3.8, 4) is 0 Å². The minimum absolute atomic E-state index is 0.0577. The van der Waals surface area contributed by atoms with Gasteiger partial charge in [0.2, 0.25) is 5.91 Å². The number of hydrogen-bond acceptors (Lipinski definition) is 7. The molecule has 0 saturated carbocycles. The molecule has 0 bridgehead atoms. The third-order valence-corrected chi connectivity index (χ3v) is 7.36. The Bertz CT molecular complexity index is 1640. The van der Waals surface area contributed by atoms with Crippen molar-refractivity contribution in [3.05, 3.63) is 95.0 Å². The lowest BCUT2D eigenvalue weighted by molar-refractivity contribution is -0.140. The van der Waals surface area contributed by atoms with Gasteiger partial charge >= 0.3 is 6.18 Å². The zero-order valence-corrected chi connectivity index (χ0v) is 23.0. The van der Waals surface area contributed by atoms with Crippen LogP contribution in [0.1, 0.15) is 30.5 Å². The third-order valence-electron chi connectivity index (χ3n) is 7.36. The maximum Gasteiger partial charge on any atom is 0.419 e. The normalized spacial score (nSPS) is 20.4. The van der Waals surface area contributed by atoms with E-state index in [-0.39, 0.29) is 17.6 Å². The predicted molar refractivity (Wildman–Crippen MR) is 149 cm³/mol. The molecule has 2 atom stereocenters. The van der Waals surface area contributed by atoms with Crippen LogP contribution in [0, 0.1) is 5.82 Å². The van der Waals surface area contributed by atoms with Crippen molar-refractivity contribution in [3.63, 3.8) is 0 Å². The summed E-state index contributed by atoms with van der Waals surface area (Å²) in [6, 6.07) is 8.41. The van der Waals surface area contributed by atoms with Gasteiger partial charge in [-0.1, -0.05) is 12.1 Å². The van der Waals surface area contributed by atoms with E-state index < -0.39 is 41.0 Å². The number of nitrogens with two attached hydrogens (primary N) is 1. The highest BCUT2D eigenvalue weighted by Gasteiger charge is 2.48. The van der Waals surface area contributed by atoms with Crippen LogP contribution in [-0.4, -0.2) is 52.9 Å². The summed E-state index contributed by atoms with van der Waals surface area (Å²) in [5.74, 6) is -2.41. The van der Waals surface area contributed by atoms with Crippen LogP contribution in [-0.2, 0) is 15.8 Å². The molecule has 5 N–H and O–H groups in total. The van der Waals surface area contributed by atoms with E-state index in [0.717, 1.165) is 22.9 Å². The molecule has 2 aromatic carbocycles. The highest BCUT2D eigenvalue weighted by Crippen LogP contribution is 2.42. The highest BCUT2D eigenvalue weighted by atomic mass is 19.4. The summed E-state index contributed by atoms with van der Waals surface area (Å²) in [5.41, 5.74) is 7.07. The molecule has 1 aromatic heterocycles. The van der Waals surface area contributed by atoms with E-state index in [4.69, 9.17) is 5.73 Å². The fourth-order valence-corrected chi connectivity index (χ4v) is 5.18. The molecule has 0 spiro atoms. The van der Waals surface area contributed by atoms with E-state index >= 15 is 0 Å². The second-order valence-corrected chi connectivity index (χ2v) is 10.6. The molecule has 2 amide bonds. The Morgan fingerprint density at radius 1 is 1.14 bits per heavy atom. The number of carbonyl (C=O) groups is 2. The lowest BCUT2D eigenvalue weighted by Crippen LogP contribution is -2.58. The minimum Gasteiger partial charge on any atom is -0.368 e. The summed E-state index contributed by atoms with van der Waals surface area (Å²) in [5, 5.41) is 9.09. The van der Waals surface area contributed by atoms with Gasteiger partial charge in [-0.3, -0.25) is 19.6 Å². The number of pyridine rings is 1. The molecule has 0 aliphatic carbocycles. The molecule has 0 radical (unpaired) electrons. The standard InChI is InChI=1S/C29H29F4N7O2/c1-16-24(26(41)37-20-6-4-19-15-35-10-8-17(19)12-20)25(18-5-7-21(22(30)13-18)29(31,32)33)40-23(36-16)14-28(38-40,27(34)42)9-11-39(2)3/h4-8,10,12-15,25,36,38H,9,11H2,1-3H3,(H2,34,42)(H,37,41). The third kappa shape index (κ3) is 5.40. The number of anilines is 1. The van der Waals surface area contributed by atoms with Gasteiger partial charge in [0, 0.05) is 35.7 Å². The smallest absolute Gasteiger partial charge is 0.368 e. The average molecular weight is 584 g/mol. The lowest BCUT2D eigenvalue weighted by atomic mass is 9.92. The SMILES string of the molecule is CC1=C(C(=O)Nc2ccc3cnccc3c2)C(c2ccc(C(F)(F)F)c(F)c2)N2NC(CCN(C)C)(C(N)=O)C=C2N1. The summed E-state index contributed by atoms with van der Waals surface area (Å²) >= 11 is 0. The van der Waals surface area contributed by atoms with Crippen molar-refractivity contribution in [1.29, 1.82) is 0 Å². The monoisotopic (exact) mass is 583 g/mol. The van der Waals surface area contributed by atoms with Crippen LogP contribution >= 0.6 is 0 Å². The molecular weight excluding hydrogens is 554 g/mol. The van der Waals surface area contributed by atoms with Gasteiger partial charge in [-0.2, -0.15) is 13.2 Å². The Morgan fingerprint density at radius 3 is 2.57 bits per heavy atom. The first-order valence-corrected chi connectivity index (χ1v) is 13.0. The summed E-state index contributed by atoms with van der Waals surface area (Å²) in [6.45, 7) is 2.08. The number of hydrogen-bond donors (Lipinski definition) is 4. The van der Waals surface area contributed by atoms with Gasteiger partial charge in [0.1, 0.15) is 23.2 Å². The highest BCUT2D eigenvalue weighted by molar-refractivity contribution is 6.06. The number of allylic oxidation sites excluding steroid dienone is 1. The van der Waals surface area contributed by atoms with E-state index in [9.17, 15) is 27.2 Å². The molecule has 42 heavy (non-hydrogen) atoms. The predicted octanol–water partition coefficient (Wildman–Crippen LogP) is 3.79. The Labute approximate surface area is 239 Å². The quantitative estimate of drug-likeness (QED) is 0.313. The number of halogens is 4. The van der Waals surface area contributed by atoms with E-state index in [1.807, 2.05) is 19.0 Å². The van der Waals surface area contributed by atoms with E-state index in [0.29, 0.717) is 29.8 Å². The topological polar surface area (TPSA) is 116 Å². The first-order chi connectivity index (χ1) is 19.8. The summed E-state index contributed by atoms with van der Waals surface area (Å²) in [4.78, 5) is 32.5. The number of benzene rings is 2. The fraction of sp³-hybridized carbons (Fsp3) is 0.276. The van der Waals surface area contributed by atoms with Crippen molar-refractivity contribution < 1.29 is 27.2 Å².